The molecule has 1 atom stereocenters. The lowest BCUT2D eigenvalue weighted by Crippen LogP contribution is -2.51. The Balaban J connectivity index is 2.24. The Bertz CT molecular complexity index is 408. The zero-order valence-electron chi connectivity index (χ0n) is 11.4. The monoisotopic (exact) mass is 246 g/mol. The molecule has 1 aliphatic rings. The molecule has 1 aromatic rings. The van der Waals surface area contributed by atoms with Gasteiger partial charge in [0.15, 0.2) is 0 Å². The Morgan fingerprint density at radius 2 is 1.94 bits per heavy atom. The van der Waals surface area contributed by atoms with Crippen molar-refractivity contribution < 1.29 is 4.79 Å². The van der Waals surface area contributed by atoms with Gasteiger partial charge in [0.1, 0.15) is 0 Å². The molecule has 0 aliphatic carbocycles. The Morgan fingerprint density at radius 3 is 2.56 bits per heavy atom. The SMILES string of the molecule is CC(C)(C)C(=O)N1CCNCC1c1ccccc1. The summed E-state index contributed by atoms with van der Waals surface area (Å²) in [6.45, 7) is 8.46. The number of hydrogen-bond acceptors (Lipinski definition) is 2. The van der Waals surface area contributed by atoms with E-state index in [0.717, 1.165) is 19.6 Å². The second kappa shape index (κ2) is 5.11. The number of carbonyl (C=O) groups is 1. The first-order valence-corrected chi connectivity index (χ1v) is 6.57. The Labute approximate surface area is 109 Å². The number of hydrogen-bond donors (Lipinski definition) is 1. The molecule has 1 N–H and O–H groups in total. The van der Waals surface area contributed by atoms with Crippen molar-refractivity contribution in [3.63, 3.8) is 0 Å². The molecular weight excluding hydrogens is 224 g/mol. The van der Waals surface area contributed by atoms with Gasteiger partial charge in [0.25, 0.3) is 0 Å². The van der Waals surface area contributed by atoms with Crippen LogP contribution in [0.2, 0.25) is 0 Å². The van der Waals surface area contributed by atoms with Crippen LogP contribution in [0.25, 0.3) is 0 Å². The summed E-state index contributed by atoms with van der Waals surface area (Å²) in [6.07, 6.45) is 0. The fourth-order valence-corrected chi connectivity index (χ4v) is 2.35. The van der Waals surface area contributed by atoms with Crippen LogP contribution < -0.4 is 5.32 Å². The van der Waals surface area contributed by atoms with Crippen LogP contribution in [-0.4, -0.2) is 30.4 Å². The fraction of sp³-hybridized carbons (Fsp3) is 0.533. The van der Waals surface area contributed by atoms with Crippen LogP contribution in [0.1, 0.15) is 32.4 Å². The third-order valence-corrected chi connectivity index (χ3v) is 3.33. The molecule has 1 aromatic carbocycles. The quantitative estimate of drug-likeness (QED) is 0.824. The van der Waals surface area contributed by atoms with Gasteiger partial charge in [-0.25, -0.2) is 0 Å². The summed E-state index contributed by atoms with van der Waals surface area (Å²) in [5, 5.41) is 3.38. The summed E-state index contributed by atoms with van der Waals surface area (Å²) in [6, 6.07) is 10.4. The van der Waals surface area contributed by atoms with E-state index in [1.54, 1.807) is 0 Å². The Hall–Kier alpha value is -1.35. The molecule has 1 saturated heterocycles. The zero-order chi connectivity index (χ0) is 13.2. The van der Waals surface area contributed by atoms with Crippen molar-refractivity contribution in [1.29, 1.82) is 0 Å². The maximum atomic E-state index is 12.5. The van der Waals surface area contributed by atoms with E-state index in [-0.39, 0.29) is 17.4 Å². The van der Waals surface area contributed by atoms with Gasteiger partial charge in [-0.2, -0.15) is 0 Å². The predicted molar refractivity (Wildman–Crippen MR) is 73.2 cm³/mol. The van der Waals surface area contributed by atoms with E-state index in [0.29, 0.717) is 0 Å². The maximum absolute atomic E-state index is 12.5. The van der Waals surface area contributed by atoms with Gasteiger partial charge >= 0.3 is 0 Å². The van der Waals surface area contributed by atoms with Crippen molar-refractivity contribution in [3.05, 3.63) is 35.9 Å². The van der Waals surface area contributed by atoms with E-state index < -0.39 is 0 Å². The summed E-state index contributed by atoms with van der Waals surface area (Å²) in [5.74, 6) is 0.234. The molecule has 3 heteroatoms. The van der Waals surface area contributed by atoms with Crippen molar-refractivity contribution in [2.45, 2.75) is 26.8 Å². The minimum atomic E-state index is -0.315. The highest BCUT2D eigenvalue weighted by Crippen LogP contribution is 2.27. The number of nitrogens with zero attached hydrogens (tertiary/aromatic N) is 1. The van der Waals surface area contributed by atoms with Gasteiger partial charge in [-0.15, -0.1) is 0 Å². The minimum absolute atomic E-state index is 0.159. The van der Waals surface area contributed by atoms with E-state index in [2.05, 4.69) is 17.4 Å². The molecule has 98 valence electrons. The third-order valence-electron chi connectivity index (χ3n) is 3.33. The largest absolute Gasteiger partial charge is 0.333 e. The molecule has 3 nitrogen and oxygen atoms in total. The molecule has 18 heavy (non-hydrogen) atoms. The van der Waals surface area contributed by atoms with E-state index in [1.165, 1.54) is 5.56 Å². The van der Waals surface area contributed by atoms with E-state index in [4.69, 9.17) is 0 Å². The average Bonchev–Trinajstić information content (AvgIpc) is 2.38. The Kier molecular flexibility index (Phi) is 3.71. The van der Waals surface area contributed by atoms with Gasteiger partial charge in [-0.1, -0.05) is 51.1 Å². The first kappa shape index (κ1) is 13.1. The zero-order valence-corrected chi connectivity index (χ0v) is 11.4. The molecule has 0 bridgehead atoms. The summed E-state index contributed by atoms with van der Waals surface area (Å²) in [7, 11) is 0. The van der Waals surface area contributed by atoms with Crippen LogP contribution in [0.3, 0.4) is 0 Å². The normalized spacial score (nSPS) is 20.8. The van der Waals surface area contributed by atoms with E-state index in [9.17, 15) is 4.79 Å². The molecular formula is C15H22N2O. The standard InChI is InChI=1S/C15H22N2O/c1-15(2,3)14(18)17-10-9-16-11-13(17)12-7-5-4-6-8-12/h4-8,13,16H,9-11H2,1-3H3. The summed E-state index contributed by atoms with van der Waals surface area (Å²) in [5.41, 5.74) is 0.895. The average molecular weight is 246 g/mol. The molecule has 1 fully saturated rings. The van der Waals surface area contributed by atoms with Gasteiger partial charge < -0.3 is 10.2 Å². The van der Waals surface area contributed by atoms with Gasteiger partial charge in [0, 0.05) is 25.0 Å². The molecule has 0 saturated carbocycles. The number of carbonyl (C=O) groups excluding carboxylic acids is 1. The Morgan fingerprint density at radius 1 is 1.28 bits per heavy atom. The molecule has 0 aromatic heterocycles. The number of nitrogens with one attached hydrogen (secondary N) is 1. The van der Waals surface area contributed by atoms with Gasteiger partial charge in [0.05, 0.1) is 6.04 Å². The van der Waals surface area contributed by atoms with Crippen molar-refractivity contribution in [2.75, 3.05) is 19.6 Å². The smallest absolute Gasteiger partial charge is 0.228 e. The van der Waals surface area contributed by atoms with Gasteiger partial charge in [-0.05, 0) is 5.56 Å². The molecule has 1 heterocycles. The summed E-state index contributed by atoms with van der Waals surface area (Å²) >= 11 is 0. The van der Waals surface area contributed by atoms with Crippen LogP contribution in [0.5, 0.6) is 0 Å². The van der Waals surface area contributed by atoms with Crippen molar-refractivity contribution in [1.82, 2.24) is 10.2 Å². The second-order valence-electron chi connectivity index (χ2n) is 5.88. The minimum Gasteiger partial charge on any atom is -0.333 e. The highest BCUT2D eigenvalue weighted by Gasteiger charge is 2.33. The van der Waals surface area contributed by atoms with E-state index >= 15 is 0 Å². The van der Waals surface area contributed by atoms with Gasteiger partial charge in [0.2, 0.25) is 5.91 Å². The maximum Gasteiger partial charge on any atom is 0.228 e. The second-order valence-corrected chi connectivity index (χ2v) is 5.88. The highest BCUT2D eigenvalue weighted by atomic mass is 16.2. The molecule has 1 unspecified atom stereocenters. The number of benzene rings is 1. The number of amides is 1. The van der Waals surface area contributed by atoms with Crippen LogP contribution in [0.4, 0.5) is 0 Å². The molecule has 1 aliphatic heterocycles. The lowest BCUT2D eigenvalue weighted by atomic mass is 9.92. The number of piperazine rings is 1. The fourth-order valence-electron chi connectivity index (χ4n) is 2.35. The number of rotatable bonds is 1. The first-order valence-electron chi connectivity index (χ1n) is 6.57. The van der Waals surface area contributed by atoms with Crippen LogP contribution in [-0.2, 0) is 4.79 Å². The highest BCUT2D eigenvalue weighted by molar-refractivity contribution is 5.82. The van der Waals surface area contributed by atoms with Crippen molar-refractivity contribution in [3.8, 4) is 0 Å². The third kappa shape index (κ3) is 2.72. The van der Waals surface area contributed by atoms with Crippen LogP contribution >= 0.6 is 0 Å². The van der Waals surface area contributed by atoms with Crippen molar-refractivity contribution in [2.24, 2.45) is 5.41 Å². The van der Waals surface area contributed by atoms with Crippen LogP contribution in [0.15, 0.2) is 30.3 Å². The lowest BCUT2D eigenvalue weighted by molar-refractivity contribution is -0.143. The molecule has 1 amide bonds. The van der Waals surface area contributed by atoms with Gasteiger partial charge in [-0.3, -0.25) is 4.79 Å². The van der Waals surface area contributed by atoms with Crippen molar-refractivity contribution >= 4 is 5.91 Å². The molecule has 0 radical (unpaired) electrons. The molecule has 0 spiro atoms. The summed E-state index contributed by atoms with van der Waals surface area (Å²) in [4.78, 5) is 14.5. The van der Waals surface area contributed by atoms with Crippen LogP contribution in [0, 0.1) is 5.41 Å². The topological polar surface area (TPSA) is 32.3 Å². The molecule has 2 rings (SSSR count). The summed E-state index contributed by atoms with van der Waals surface area (Å²) < 4.78 is 0. The predicted octanol–water partition coefficient (Wildman–Crippen LogP) is 2.21. The lowest BCUT2D eigenvalue weighted by Gasteiger charge is -2.39. The first-order chi connectivity index (χ1) is 8.50. The van der Waals surface area contributed by atoms with E-state index in [1.807, 2.05) is 43.9 Å².